The van der Waals surface area contributed by atoms with Crippen LogP contribution < -0.4 is 15.1 Å². The van der Waals surface area contributed by atoms with Crippen LogP contribution in [0.4, 0.5) is 15.8 Å². The van der Waals surface area contributed by atoms with Crippen molar-refractivity contribution < 1.29 is 14.2 Å². The molecule has 9 heteroatoms. The number of nitrogens with one attached hydrogen (secondary N) is 1. The number of para-hydroxylation sites is 2. The maximum Gasteiger partial charge on any atom is 0.194 e. The molecular formula is C23H31FIN5O2. The Morgan fingerprint density at radius 1 is 1.00 bits per heavy atom. The van der Waals surface area contributed by atoms with Crippen molar-refractivity contribution in [1.29, 1.82) is 0 Å². The van der Waals surface area contributed by atoms with E-state index in [0.29, 0.717) is 44.3 Å². The Balaban J connectivity index is 0.00000289. The number of aliphatic imine (C=N–C) groups is 1. The number of hydrogen-bond donors (Lipinski definition) is 2. The van der Waals surface area contributed by atoms with Gasteiger partial charge in [0.15, 0.2) is 5.96 Å². The van der Waals surface area contributed by atoms with Gasteiger partial charge in [0, 0.05) is 52.9 Å². The van der Waals surface area contributed by atoms with Crippen molar-refractivity contribution >= 4 is 41.3 Å². The van der Waals surface area contributed by atoms with Crippen LogP contribution in [0.3, 0.4) is 0 Å². The number of rotatable bonds is 4. The molecule has 0 atom stereocenters. The topological polar surface area (TPSA) is 63.6 Å². The van der Waals surface area contributed by atoms with Crippen molar-refractivity contribution in [2.75, 3.05) is 69.3 Å². The molecule has 174 valence electrons. The van der Waals surface area contributed by atoms with E-state index in [1.165, 1.54) is 0 Å². The maximum absolute atomic E-state index is 14.7. The van der Waals surface area contributed by atoms with Crippen molar-refractivity contribution in [3.05, 3.63) is 53.8 Å². The first-order chi connectivity index (χ1) is 15.2. The normalized spacial score (nSPS) is 17.2. The first-order valence-electron chi connectivity index (χ1n) is 10.8. The van der Waals surface area contributed by atoms with E-state index in [0.717, 1.165) is 43.4 Å². The molecule has 2 aromatic rings. The van der Waals surface area contributed by atoms with Gasteiger partial charge in [-0.1, -0.05) is 18.2 Å². The highest BCUT2D eigenvalue weighted by molar-refractivity contribution is 14.0. The molecule has 2 aliphatic rings. The van der Waals surface area contributed by atoms with E-state index in [1.807, 2.05) is 35.2 Å². The van der Waals surface area contributed by atoms with Crippen molar-refractivity contribution in [3.63, 3.8) is 0 Å². The second-order valence-electron chi connectivity index (χ2n) is 7.75. The Morgan fingerprint density at radius 2 is 1.69 bits per heavy atom. The summed E-state index contributed by atoms with van der Waals surface area (Å²) in [5.41, 5.74) is 2.38. The van der Waals surface area contributed by atoms with E-state index in [2.05, 4.69) is 20.1 Å². The third kappa shape index (κ3) is 5.74. The monoisotopic (exact) mass is 555 g/mol. The number of piperazine rings is 1. The molecule has 0 bridgehead atoms. The quantitative estimate of drug-likeness (QED) is 0.344. The molecule has 32 heavy (non-hydrogen) atoms. The zero-order chi connectivity index (χ0) is 21.6. The minimum absolute atomic E-state index is 0. The van der Waals surface area contributed by atoms with Crippen LogP contribution in [0, 0.1) is 5.82 Å². The van der Waals surface area contributed by atoms with Crippen LogP contribution >= 0.6 is 24.0 Å². The van der Waals surface area contributed by atoms with E-state index >= 15 is 0 Å². The number of hydrogen-bond acceptors (Lipinski definition) is 5. The fourth-order valence-electron chi connectivity index (χ4n) is 4.13. The smallest absolute Gasteiger partial charge is 0.194 e. The van der Waals surface area contributed by atoms with Gasteiger partial charge in [-0.05, 0) is 29.8 Å². The molecule has 0 amide bonds. The number of aromatic hydroxyl groups is 1. The van der Waals surface area contributed by atoms with Gasteiger partial charge in [0.1, 0.15) is 11.6 Å². The molecule has 0 radical (unpaired) electrons. The van der Waals surface area contributed by atoms with Gasteiger partial charge in [-0.25, -0.2) is 4.39 Å². The summed E-state index contributed by atoms with van der Waals surface area (Å²) in [4.78, 5) is 10.8. The van der Waals surface area contributed by atoms with Crippen LogP contribution in [0.5, 0.6) is 5.75 Å². The lowest BCUT2D eigenvalue weighted by molar-refractivity contribution is 0.122. The summed E-state index contributed by atoms with van der Waals surface area (Å²) >= 11 is 0. The van der Waals surface area contributed by atoms with Crippen molar-refractivity contribution in [3.8, 4) is 5.75 Å². The van der Waals surface area contributed by atoms with Gasteiger partial charge in [0.05, 0.1) is 24.6 Å². The fourth-order valence-corrected chi connectivity index (χ4v) is 4.13. The highest BCUT2D eigenvalue weighted by Gasteiger charge is 2.21. The van der Waals surface area contributed by atoms with Crippen LogP contribution in [0.1, 0.15) is 5.56 Å². The zero-order valence-corrected chi connectivity index (χ0v) is 20.7. The summed E-state index contributed by atoms with van der Waals surface area (Å²) < 4.78 is 20.0. The number of phenols is 1. The molecule has 2 fully saturated rings. The third-order valence-corrected chi connectivity index (χ3v) is 5.83. The van der Waals surface area contributed by atoms with Crippen LogP contribution in [-0.2, 0) is 11.3 Å². The molecular weight excluding hydrogens is 524 g/mol. The zero-order valence-electron chi connectivity index (χ0n) is 18.3. The Labute approximate surface area is 205 Å². The van der Waals surface area contributed by atoms with Crippen molar-refractivity contribution in [1.82, 2.24) is 10.2 Å². The van der Waals surface area contributed by atoms with Gasteiger partial charge < -0.3 is 29.9 Å². The van der Waals surface area contributed by atoms with Gasteiger partial charge in [0.2, 0.25) is 0 Å². The SMILES string of the molecule is CN=C(NCc1ccc(N2CCOCC2)c(F)c1)N1CCN(c2ccccc2O)CC1.I. The molecule has 0 aliphatic carbocycles. The first-order valence-corrected chi connectivity index (χ1v) is 10.8. The number of guanidine groups is 1. The highest BCUT2D eigenvalue weighted by Crippen LogP contribution is 2.27. The lowest BCUT2D eigenvalue weighted by Crippen LogP contribution is -2.52. The van der Waals surface area contributed by atoms with Gasteiger partial charge in [-0.2, -0.15) is 0 Å². The van der Waals surface area contributed by atoms with E-state index < -0.39 is 0 Å². The predicted molar refractivity (Wildman–Crippen MR) is 137 cm³/mol. The highest BCUT2D eigenvalue weighted by atomic mass is 127. The van der Waals surface area contributed by atoms with Gasteiger partial charge >= 0.3 is 0 Å². The summed E-state index contributed by atoms with van der Waals surface area (Å²) in [5, 5.41) is 13.4. The number of nitrogens with zero attached hydrogens (tertiary/aromatic N) is 4. The number of phenolic OH excluding ortho intramolecular Hbond substituents is 1. The van der Waals surface area contributed by atoms with Crippen molar-refractivity contribution in [2.45, 2.75) is 6.54 Å². The van der Waals surface area contributed by atoms with Gasteiger partial charge in [-0.3, -0.25) is 4.99 Å². The predicted octanol–water partition coefficient (Wildman–Crippen LogP) is 2.88. The minimum Gasteiger partial charge on any atom is -0.506 e. The van der Waals surface area contributed by atoms with Crippen molar-refractivity contribution in [2.24, 2.45) is 4.99 Å². The van der Waals surface area contributed by atoms with Gasteiger partial charge in [-0.15, -0.1) is 24.0 Å². The second-order valence-corrected chi connectivity index (χ2v) is 7.75. The number of halogens is 2. The number of benzene rings is 2. The minimum atomic E-state index is -0.201. The summed E-state index contributed by atoms with van der Waals surface area (Å²) in [6.07, 6.45) is 0. The Morgan fingerprint density at radius 3 is 2.34 bits per heavy atom. The molecule has 2 aliphatic heterocycles. The molecule has 0 unspecified atom stereocenters. The maximum atomic E-state index is 14.7. The molecule has 0 spiro atoms. The number of morpholine rings is 1. The summed E-state index contributed by atoms with van der Waals surface area (Å²) in [6, 6.07) is 12.8. The summed E-state index contributed by atoms with van der Waals surface area (Å²) in [7, 11) is 1.76. The van der Waals surface area contributed by atoms with Crippen LogP contribution in [0.25, 0.3) is 0 Å². The number of ether oxygens (including phenoxy) is 1. The lowest BCUT2D eigenvalue weighted by Gasteiger charge is -2.37. The average molecular weight is 555 g/mol. The van der Waals surface area contributed by atoms with E-state index in [-0.39, 0.29) is 29.8 Å². The summed E-state index contributed by atoms with van der Waals surface area (Å²) in [5.74, 6) is 0.906. The molecule has 2 saturated heterocycles. The lowest BCUT2D eigenvalue weighted by atomic mass is 10.1. The molecule has 2 N–H and O–H groups in total. The summed E-state index contributed by atoms with van der Waals surface area (Å²) in [6.45, 7) is 6.37. The second kappa shape index (κ2) is 11.6. The van der Waals surface area contributed by atoms with E-state index in [9.17, 15) is 9.50 Å². The van der Waals surface area contributed by atoms with E-state index in [4.69, 9.17) is 4.74 Å². The molecule has 4 rings (SSSR count). The number of anilines is 2. The molecule has 7 nitrogen and oxygen atoms in total. The van der Waals surface area contributed by atoms with Crippen LogP contribution in [0.15, 0.2) is 47.5 Å². The van der Waals surface area contributed by atoms with E-state index in [1.54, 1.807) is 19.2 Å². The molecule has 2 aromatic carbocycles. The molecule has 0 saturated carbocycles. The fraction of sp³-hybridized carbons (Fsp3) is 0.435. The van der Waals surface area contributed by atoms with Gasteiger partial charge in [0.25, 0.3) is 0 Å². The largest absolute Gasteiger partial charge is 0.506 e. The first kappa shape index (κ1) is 24.4. The standard InChI is InChI=1S/C23H30FN5O2.HI/c1-25-23(29-10-8-27(9-11-29)21-4-2-3-5-22(21)30)26-17-18-6-7-20(19(24)16-18)28-12-14-31-15-13-28;/h2-7,16,30H,8-15,17H2,1H3,(H,25,26);1H. The Hall–Kier alpha value is -2.27. The van der Waals surface area contributed by atoms with Crippen LogP contribution in [0.2, 0.25) is 0 Å². The Bertz CT molecular complexity index is 915. The molecule has 0 aromatic heterocycles. The average Bonchev–Trinajstić information content (AvgIpc) is 2.81. The third-order valence-electron chi connectivity index (χ3n) is 5.83. The van der Waals surface area contributed by atoms with Crippen LogP contribution in [-0.4, -0.2) is 75.5 Å². The Kier molecular flexibility index (Phi) is 8.80. The molecule has 2 heterocycles.